The fourth-order valence-corrected chi connectivity index (χ4v) is 2.77. The highest BCUT2D eigenvalue weighted by Gasteiger charge is 2.12. The molecule has 0 radical (unpaired) electrons. The summed E-state index contributed by atoms with van der Waals surface area (Å²) in [5, 5.41) is 9.71. The van der Waals surface area contributed by atoms with Gasteiger partial charge in [0.05, 0.1) is 18.0 Å². The molecule has 0 aliphatic carbocycles. The van der Waals surface area contributed by atoms with E-state index in [1.54, 1.807) is 0 Å². The SMILES string of the molecule is Cc1ccn2c(CO)c(Cc3ccc(C(C)C)cc3)nc2c1. The maximum Gasteiger partial charge on any atom is 0.137 e. The average molecular weight is 294 g/mol. The number of aliphatic hydroxyl groups is 1. The molecule has 0 unspecified atom stereocenters. The van der Waals surface area contributed by atoms with E-state index in [-0.39, 0.29) is 6.61 Å². The van der Waals surface area contributed by atoms with Gasteiger partial charge in [-0.3, -0.25) is 0 Å². The second-order valence-electron chi connectivity index (χ2n) is 6.17. The number of pyridine rings is 1. The minimum absolute atomic E-state index is 0.00361. The van der Waals surface area contributed by atoms with Crippen LogP contribution in [-0.4, -0.2) is 14.5 Å². The van der Waals surface area contributed by atoms with Crippen molar-refractivity contribution >= 4 is 5.65 Å². The van der Waals surface area contributed by atoms with E-state index in [2.05, 4.69) is 45.0 Å². The molecule has 3 nitrogen and oxygen atoms in total. The first-order valence-electron chi connectivity index (χ1n) is 7.74. The molecule has 0 aliphatic rings. The molecule has 1 aromatic carbocycles. The number of imidazole rings is 1. The Balaban J connectivity index is 1.96. The average Bonchev–Trinajstić information content (AvgIpc) is 2.83. The molecule has 0 bridgehead atoms. The van der Waals surface area contributed by atoms with Crippen molar-refractivity contribution in [1.29, 1.82) is 0 Å². The van der Waals surface area contributed by atoms with Gasteiger partial charge in [0.2, 0.25) is 0 Å². The quantitative estimate of drug-likeness (QED) is 0.793. The molecule has 114 valence electrons. The number of hydrogen-bond donors (Lipinski definition) is 1. The number of hydrogen-bond acceptors (Lipinski definition) is 2. The third-order valence-corrected chi connectivity index (χ3v) is 4.13. The lowest BCUT2D eigenvalue weighted by Crippen LogP contribution is -1.98. The predicted molar refractivity (Wildman–Crippen MR) is 89.2 cm³/mol. The first-order valence-corrected chi connectivity index (χ1v) is 7.74. The monoisotopic (exact) mass is 294 g/mol. The Morgan fingerprint density at radius 1 is 1.14 bits per heavy atom. The summed E-state index contributed by atoms with van der Waals surface area (Å²) in [7, 11) is 0. The lowest BCUT2D eigenvalue weighted by Gasteiger charge is -2.07. The molecule has 3 heteroatoms. The van der Waals surface area contributed by atoms with Crippen molar-refractivity contribution in [1.82, 2.24) is 9.38 Å². The molecule has 0 saturated heterocycles. The number of aryl methyl sites for hydroxylation is 1. The van der Waals surface area contributed by atoms with Crippen molar-refractivity contribution in [2.45, 2.75) is 39.7 Å². The van der Waals surface area contributed by atoms with Crippen LogP contribution in [0.4, 0.5) is 0 Å². The van der Waals surface area contributed by atoms with Gasteiger partial charge in [-0.25, -0.2) is 4.98 Å². The zero-order valence-electron chi connectivity index (χ0n) is 13.4. The number of aromatic nitrogens is 2. The van der Waals surface area contributed by atoms with E-state index in [1.807, 2.05) is 22.7 Å². The lowest BCUT2D eigenvalue weighted by atomic mass is 10.00. The Hall–Kier alpha value is -2.13. The van der Waals surface area contributed by atoms with Crippen molar-refractivity contribution in [3.63, 3.8) is 0 Å². The lowest BCUT2D eigenvalue weighted by molar-refractivity contribution is 0.274. The Kier molecular flexibility index (Phi) is 3.99. The fraction of sp³-hybridized carbons (Fsp3) is 0.316. The molecular formula is C19H22N2O. The maximum atomic E-state index is 9.71. The van der Waals surface area contributed by atoms with Gasteiger partial charge in [0.1, 0.15) is 5.65 Å². The van der Waals surface area contributed by atoms with E-state index < -0.39 is 0 Å². The van der Waals surface area contributed by atoms with Gasteiger partial charge in [0.25, 0.3) is 0 Å². The van der Waals surface area contributed by atoms with Gasteiger partial charge < -0.3 is 9.51 Å². The standard InChI is InChI=1S/C19H22N2O/c1-13(2)16-6-4-15(5-7-16)11-17-18(12-22)21-9-8-14(3)10-19(21)20-17/h4-10,13,22H,11-12H2,1-3H3. The second kappa shape index (κ2) is 5.93. The van der Waals surface area contributed by atoms with E-state index in [9.17, 15) is 5.11 Å². The van der Waals surface area contributed by atoms with Crippen LogP contribution in [0.2, 0.25) is 0 Å². The van der Waals surface area contributed by atoms with Gasteiger partial charge in [-0.1, -0.05) is 38.1 Å². The van der Waals surface area contributed by atoms with Crippen molar-refractivity contribution < 1.29 is 5.11 Å². The van der Waals surface area contributed by atoms with Gasteiger partial charge >= 0.3 is 0 Å². The zero-order chi connectivity index (χ0) is 15.7. The van der Waals surface area contributed by atoms with Crippen LogP contribution >= 0.6 is 0 Å². The smallest absolute Gasteiger partial charge is 0.137 e. The van der Waals surface area contributed by atoms with Crippen molar-refractivity contribution in [2.24, 2.45) is 0 Å². The van der Waals surface area contributed by atoms with Crippen LogP contribution in [0.1, 0.15) is 47.8 Å². The van der Waals surface area contributed by atoms with Crippen LogP contribution in [0, 0.1) is 6.92 Å². The Bertz CT molecular complexity index is 785. The number of nitrogens with zero attached hydrogens (tertiary/aromatic N) is 2. The van der Waals surface area contributed by atoms with Crippen molar-refractivity contribution in [3.8, 4) is 0 Å². The first-order chi connectivity index (χ1) is 10.6. The van der Waals surface area contributed by atoms with Crippen molar-refractivity contribution in [2.75, 3.05) is 0 Å². The molecule has 0 spiro atoms. The van der Waals surface area contributed by atoms with Crippen molar-refractivity contribution in [3.05, 3.63) is 70.7 Å². The van der Waals surface area contributed by atoms with Gasteiger partial charge in [-0.2, -0.15) is 0 Å². The maximum absolute atomic E-state index is 9.71. The summed E-state index contributed by atoms with van der Waals surface area (Å²) in [4.78, 5) is 4.70. The molecule has 0 amide bonds. The molecule has 0 fully saturated rings. The number of fused-ring (bicyclic) bond motifs is 1. The number of rotatable bonds is 4. The third kappa shape index (κ3) is 2.77. The summed E-state index contributed by atoms with van der Waals surface area (Å²) in [6.45, 7) is 6.45. The molecule has 1 N–H and O–H groups in total. The summed E-state index contributed by atoms with van der Waals surface area (Å²) in [5.41, 5.74) is 6.47. The molecule has 0 saturated carbocycles. The van der Waals surface area contributed by atoms with Crippen LogP contribution in [-0.2, 0) is 13.0 Å². The van der Waals surface area contributed by atoms with Crippen LogP contribution < -0.4 is 0 Å². The first kappa shape index (κ1) is 14.8. The Labute approximate surface area is 131 Å². The summed E-state index contributed by atoms with van der Waals surface area (Å²) in [5.74, 6) is 0.542. The third-order valence-electron chi connectivity index (χ3n) is 4.13. The minimum atomic E-state index is 0.00361. The molecule has 3 rings (SSSR count). The van der Waals surface area contributed by atoms with Gasteiger partial charge in [-0.15, -0.1) is 0 Å². The van der Waals surface area contributed by atoms with Gasteiger partial charge in [0.15, 0.2) is 0 Å². The predicted octanol–water partition coefficient (Wildman–Crippen LogP) is 3.85. The van der Waals surface area contributed by atoms with E-state index in [0.29, 0.717) is 5.92 Å². The molecule has 2 heterocycles. The fourth-order valence-electron chi connectivity index (χ4n) is 2.77. The Morgan fingerprint density at radius 2 is 1.86 bits per heavy atom. The summed E-state index contributed by atoms with van der Waals surface area (Å²) < 4.78 is 1.98. The van der Waals surface area contributed by atoms with E-state index in [4.69, 9.17) is 4.98 Å². The van der Waals surface area contributed by atoms with E-state index in [1.165, 1.54) is 16.7 Å². The number of benzene rings is 1. The van der Waals surface area contributed by atoms with E-state index >= 15 is 0 Å². The topological polar surface area (TPSA) is 37.5 Å². The van der Waals surface area contributed by atoms with Crippen LogP contribution in [0.25, 0.3) is 5.65 Å². The summed E-state index contributed by atoms with van der Waals surface area (Å²) in [6, 6.07) is 12.8. The van der Waals surface area contributed by atoms with E-state index in [0.717, 1.165) is 23.5 Å². The molecule has 3 aromatic rings. The van der Waals surface area contributed by atoms with Gasteiger partial charge in [0, 0.05) is 12.6 Å². The highest BCUT2D eigenvalue weighted by Crippen LogP contribution is 2.20. The van der Waals surface area contributed by atoms with Gasteiger partial charge in [-0.05, 0) is 41.7 Å². The molecule has 0 atom stereocenters. The normalized spacial score (nSPS) is 11.5. The molecule has 2 aromatic heterocycles. The second-order valence-corrected chi connectivity index (χ2v) is 6.17. The largest absolute Gasteiger partial charge is 0.390 e. The summed E-state index contributed by atoms with van der Waals surface area (Å²) >= 11 is 0. The molecule has 22 heavy (non-hydrogen) atoms. The Morgan fingerprint density at radius 3 is 2.50 bits per heavy atom. The number of aliphatic hydroxyl groups excluding tert-OH is 1. The summed E-state index contributed by atoms with van der Waals surface area (Å²) in [6.07, 6.45) is 2.73. The molecule has 0 aliphatic heterocycles. The van der Waals surface area contributed by atoms with Crippen LogP contribution in [0.15, 0.2) is 42.6 Å². The molecular weight excluding hydrogens is 272 g/mol. The highest BCUT2D eigenvalue weighted by molar-refractivity contribution is 5.46. The van der Waals surface area contributed by atoms with Crippen LogP contribution in [0.5, 0.6) is 0 Å². The highest BCUT2D eigenvalue weighted by atomic mass is 16.3. The minimum Gasteiger partial charge on any atom is -0.390 e. The van der Waals surface area contributed by atoms with Crippen LogP contribution in [0.3, 0.4) is 0 Å². The zero-order valence-corrected chi connectivity index (χ0v) is 13.4.